The number of nitro benzene ring substituents is 1. The van der Waals surface area contributed by atoms with Crippen LogP contribution in [0.2, 0.25) is 5.02 Å². The average Bonchev–Trinajstić information content (AvgIpc) is 2.70. The van der Waals surface area contributed by atoms with Crippen LogP contribution in [0.5, 0.6) is 0 Å². The van der Waals surface area contributed by atoms with Gasteiger partial charge in [0.1, 0.15) is 16.5 Å². The van der Waals surface area contributed by atoms with Gasteiger partial charge in [0.05, 0.1) is 21.2 Å². The molecule has 2 N–H and O–H groups in total. The van der Waals surface area contributed by atoms with Crippen molar-refractivity contribution in [3.63, 3.8) is 0 Å². The van der Waals surface area contributed by atoms with Gasteiger partial charge in [-0.3, -0.25) is 24.6 Å². The van der Waals surface area contributed by atoms with E-state index in [2.05, 4.69) is 15.0 Å². The predicted molar refractivity (Wildman–Crippen MR) is 108 cm³/mol. The lowest BCUT2D eigenvalue weighted by Gasteiger charge is -2.14. The molecule has 1 heterocycles. The number of aromatic nitrogens is 1. The summed E-state index contributed by atoms with van der Waals surface area (Å²) in [5.41, 5.74) is -0.873. The SMILES string of the molecule is O=C(Nc1ccc(F)cc1NS(=O)(=O)c1ccc(Cl)c([N+](=O)[O-])c1)c1ccccn1. The number of nitrogens with zero attached hydrogens (tertiary/aromatic N) is 2. The van der Waals surface area contributed by atoms with Gasteiger partial charge in [0.15, 0.2) is 0 Å². The normalized spacial score (nSPS) is 11.0. The molecule has 9 nitrogen and oxygen atoms in total. The van der Waals surface area contributed by atoms with Crippen molar-refractivity contribution in [2.75, 3.05) is 10.0 Å². The van der Waals surface area contributed by atoms with Gasteiger partial charge < -0.3 is 5.32 Å². The first-order valence-electron chi connectivity index (χ1n) is 8.16. The first-order valence-corrected chi connectivity index (χ1v) is 10.0. The second-order valence-corrected chi connectivity index (χ2v) is 7.92. The highest BCUT2D eigenvalue weighted by Gasteiger charge is 2.22. The van der Waals surface area contributed by atoms with Crippen molar-refractivity contribution in [3.8, 4) is 0 Å². The van der Waals surface area contributed by atoms with Crippen molar-refractivity contribution in [1.82, 2.24) is 4.98 Å². The number of amides is 1. The molecule has 0 aliphatic heterocycles. The zero-order valence-corrected chi connectivity index (χ0v) is 16.4. The van der Waals surface area contributed by atoms with Crippen LogP contribution < -0.4 is 10.0 Å². The highest BCUT2D eigenvalue weighted by molar-refractivity contribution is 7.92. The lowest BCUT2D eigenvalue weighted by atomic mass is 10.2. The number of carbonyl (C=O) groups is 1. The standard InChI is InChI=1S/C18H12ClFN4O5S/c19-13-6-5-12(10-17(13)24(26)27)30(28,29)23-16-9-11(20)4-7-14(16)22-18(25)15-3-1-2-8-21-15/h1-10,23H,(H,22,25). The third-order valence-corrected chi connectivity index (χ3v) is 5.48. The molecule has 0 aliphatic carbocycles. The summed E-state index contributed by atoms with van der Waals surface area (Å²) in [5.74, 6) is -1.42. The molecule has 0 unspecified atom stereocenters. The molecule has 1 aromatic heterocycles. The predicted octanol–water partition coefficient (Wildman–Crippen LogP) is 3.84. The Morgan fingerprint density at radius 3 is 2.53 bits per heavy atom. The van der Waals surface area contributed by atoms with Gasteiger partial charge in [-0.15, -0.1) is 0 Å². The fourth-order valence-corrected chi connectivity index (χ4v) is 3.67. The molecule has 3 rings (SSSR count). The largest absolute Gasteiger partial charge is 0.319 e. The third-order valence-electron chi connectivity index (χ3n) is 3.80. The Balaban J connectivity index is 1.94. The lowest BCUT2D eigenvalue weighted by molar-refractivity contribution is -0.384. The molecule has 0 saturated heterocycles. The van der Waals surface area contributed by atoms with E-state index in [4.69, 9.17) is 11.6 Å². The van der Waals surface area contributed by atoms with Crippen molar-refractivity contribution in [3.05, 3.63) is 87.4 Å². The molecule has 30 heavy (non-hydrogen) atoms. The third kappa shape index (κ3) is 4.70. The van der Waals surface area contributed by atoms with E-state index in [-0.39, 0.29) is 22.1 Å². The molecular weight excluding hydrogens is 439 g/mol. The van der Waals surface area contributed by atoms with Gasteiger partial charge in [-0.1, -0.05) is 17.7 Å². The molecule has 154 valence electrons. The van der Waals surface area contributed by atoms with Crippen molar-refractivity contribution >= 4 is 44.6 Å². The second-order valence-electron chi connectivity index (χ2n) is 5.83. The van der Waals surface area contributed by atoms with Crippen LogP contribution in [-0.4, -0.2) is 24.2 Å². The van der Waals surface area contributed by atoms with E-state index in [1.807, 2.05) is 0 Å². The quantitative estimate of drug-likeness (QED) is 0.433. The van der Waals surface area contributed by atoms with E-state index in [9.17, 15) is 27.7 Å². The van der Waals surface area contributed by atoms with Crippen molar-refractivity contribution < 1.29 is 22.5 Å². The summed E-state index contributed by atoms with van der Waals surface area (Å²) in [7, 11) is -4.37. The number of sulfonamides is 1. The number of carbonyl (C=O) groups excluding carboxylic acids is 1. The maximum absolute atomic E-state index is 13.7. The zero-order valence-electron chi connectivity index (χ0n) is 14.9. The first-order chi connectivity index (χ1) is 14.2. The topological polar surface area (TPSA) is 131 Å². The average molecular weight is 451 g/mol. The van der Waals surface area contributed by atoms with E-state index in [0.29, 0.717) is 0 Å². The molecule has 0 radical (unpaired) electrons. The van der Waals surface area contributed by atoms with Crippen LogP contribution in [0.4, 0.5) is 21.5 Å². The van der Waals surface area contributed by atoms with Crippen LogP contribution in [0.15, 0.2) is 65.7 Å². The molecule has 0 bridgehead atoms. The summed E-state index contributed by atoms with van der Waals surface area (Å²) in [5, 5.41) is 13.2. The smallest absolute Gasteiger partial charge is 0.289 e. The highest BCUT2D eigenvalue weighted by atomic mass is 35.5. The first kappa shape index (κ1) is 21.1. The fourth-order valence-electron chi connectivity index (χ4n) is 2.40. The molecule has 3 aromatic rings. The van der Waals surface area contributed by atoms with Gasteiger partial charge in [-0.05, 0) is 36.4 Å². The summed E-state index contributed by atoms with van der Waals surface area (Å²) in [6, 6.07) is 10.6. The van der Waals surface area contributed by atoms with E-state index >= 15 is 0 Å². The van der Waals surface area contributed by atoms with E-state index in [0.717, 1.165) is 30.3 Å². The minimum atomic E-state index is -4.37. The maximum Gasteiger partial charge on any atom is 0.289 e. The Morgan fingerprint density at radius 2 is 1.87 bits per heavy atom. The Labute approximate surface area is 174 Å². The number of halogens is 2. The lowest BCUT2D eigenvalue weighted by Crippen LogP contribution is -2.18. The number of rotatable bonds is 6. The summed E-state index contributed by atoms with van der Waals surface area (Å²) >= 11 is 5.70. The Bertz CT molecular complexity index is 1240. The molecular formula is C18H12ClFN4O5S. The Kier molecular flexibility index (Phi) is 5.94. The molecule has 0 fully saturated rings. The van der Waals surface area contributed by atoms with Crippen LogP contribution >= 0.6 is 11.6 Å². The van der Waals surface area contributed by atoms with Crippen molar-refractivity contribution in [2.45, 2.75) is 4.90 Å². The van der Waals surface area contributed by atoms with Gasteiger partial charge in [0.2, 0.25) is 0 Å². The van der Waals surface area contributed by atoms with Crippen LogP contribution in [0.1, 0.15) is 10.5 Å². The van der Waals surface area contributed by atoms with Crippen LogP contribution in [0, 0.1) is 15.9 Å². The molecule has 0 saturated carbocycles. The Hall–Kier alpha value is -3.57. The zero-order chi connectivity index (χ0) is 21.9. The second kappa shape index (κ2) is 8.43. The minimum absolute atomic E-state index is 0.0425. The number of nitrogens with one attached hydrogen (secondary N) is 2. The molecule has 2 aromatic carbocycles. The van der Waals surface area contributed by atoms with Gasteiger partial charge in [0, 0.05) is 18.3 Å². The van der Waals surface area contributed by atoms with Gasteiger partial charge >= 0.3 is 0 Å². The molecule has 0 atom stereocenters. The maximum atomic E-state index is 13.7. The van der Waals surface area contributed by atoms with Gasteiger partial charge in [0.25, 0.3) is 21.6 Å². The number of pyridine rings is 1. The van der Waals surface area contributed by atoms with E-state index < -0.39 is 37.3 Å². The number of hydrogen-bond acceptors (Lipinski definition) is 6. The van der Waals surface area contributed by atoms with Gasteiger partial charge in [-0.25, -0.2) is 12.8 Å². The summed E-state index contributed by atoms with van der Waals surface area (Å²) in [6.07, 6.45) is 1.40. The number of hydrogen-bond donors (Lipinski definition) is 2. The fraction of sp³-hybridized carbons (Fsp3) is 0. The van der Waals surface area contributed by atoms with Crippen LogP contribution in [-0.2, 0) is 10.0 Å². The molecule has 0 aliphatic rings. The number of nitro groups is 1. The summed E-state index contributed by atoms with van der Waals surface area (Å²) in [6.45, 7) is 0. The molecule has 12 heteroatoms. The van der Waals surface area contributed by atoms with Gasteiger partial charge in [-0.2, -0.15) is 0 Å². The van der Waals surface area contributed by atoms with Crippen molar-refractivity contribution in [1.29, 1.82) is 0 Å². The number of benzene rings is 2. The molecule has 1 amide bonds. The van der Waals surface area contributed by atoms with Crippen LogP contribution in [0.25, 0.3) is 0 Å². The Morgan fingerprint density at radius 1 is 1.10 bits per heavy atom. The minimum Gasteiger partial charge on any atom is -0.319 e. The van der Waals surface area contributed by atoms with E-state index in [1.165, 1.54) is 18.3 Å². The van der Waals surface area contributed by atoms with Crippen molar-refractivity contribution in [2.24, 2.45) is 0 Å². The van der Waals surface area contributed by atoms with E-state index in [1.54, 1.807) is 12.1 Å². The number of anilines is 2. The highest BCUT2D eigenvalue weighted by Crippen LogP contribution is 2.30. The van der Waals surface area contributed by atoms with Crippen LogP contribution in [0.3, 0.4) is 0 Å². The summed E-state index contributed by atoms with van der Waals surface area (Å²) in [4.78, 5) is 25.9. The molecule has 0 spiro atoms. The monoisotopic (exact) mass is 450 g/mol. The summed E-state index contributed by atoms with van der Waals surface area (Å²) < 4.78 is 41.2.